The second-order valence-corrected chi connectivity index (χ2v) is 10.0. The number of nitrogens with zero attached hydrogens (tertiary/aromatic N) is 3. The number of ether oxygens (including phenoxy) is 1. The minimum absolute atomic E-state index is 0.337. The van der Waals surface area contributed by atoms with Crippen molar-refractivity contribution in [3.05, 3.63) is 24.3 Å². The molecule has 0 radical (unpaired) electrons. The van der Waals surface area contributed by atoms with Gasteiger partial charge in [-0.05, 0) is 37.6 Å². The van der Waals surface area contributed by atoms with Crippen LogP contribution in [0.15, 0.2) is 28.6 Å². The minimum atomic E-state index is -3.33. The van der Waals surface area contributed by atoms with Gasteiger partial charge in [0.2, 0.25) is 15.2 Å². The Labute approximate surface area is 167 Å². The van der Waals surface area contributed by atoms with Gasteiger partial charge in [-0.15, -0.1) is 10.2 Å². The van der Waals surface area contributed by atoms with Crippen molar-refractivity contribution in [3.63, 3.8) is 0 Å². The highest BCUT2D eigenvalue weighted by Gasteiger charge is 2.18. The molecule has 0 aliphatic rings. The van der Waals surface area contributed by atoms with Crippen LogP contribution < -0.4 is 14.4 Å². The quantitative estimate of drug-likeness (QED) is 0.482. The highest BCUT2D eigenvalue weighted by atomic mass is 32.2. The zero-order chi connectivity index (χ0) is 20.0. The first-order chi connectivity index (χ1) is 12.7. The summed E-state index contributed by atoms with van der Waals surface area (Å²) in [4.78, 5) is 12.3. The number of anilines is 2. The molecular weight excluding hydrogens is 408 g/mol. The maximum absolute atomic E-state index is 12.3. The van der Waals surface area contributed by atoms with E-state index in [0.29, 0.717) is 16.6 Å². The van der Waals surface area contributed by atoms with Crippen molar-refractivity contribution in [3.8, 4) is 5.75 Å². The normalized spacial score (nSPS) is 12.4. The molecule has 1 heterocycles. The lowest BCUT2D eigenvalue weighted by atomic mass is 10.3. The van der Waals surface area contributed by atoms with Gasteiger partial charge < -0.3 is 4.74 Å². The maximum Gasteiger partial charge on any atom is 0.266 e. The van der Waals surface area contributed by atoms with Crippen LogP contribution in [-0.2, 0) is 14.8 Å². The predicted molar refractivity (Wildman–Crippen MR) is 109 cm³/mol. The third kappa shape index (κ3) is 6.36. The van der Waals surface area contributed by atoms with Gasteiger partial charge >= 0.3 is 0 Å². The summed E-state index contributed by atoms with van der Waals surface area (Å²) in [5.41, 5.74) is 0.507. The van der Waals surface area contributed by atoms with Crippen molar-refractivity contribution in [2.75, 3.05) is 28.7 Å². The van der Waals surface area contributed by atoms with Gasteiger partial charge in [-0.3, -0.25) is 14.4 Å². The highest BCUT2D eigenvalue weighted by Crippen LogP contribution is 2.26. The van der Waals surface area contributed by atoms with Gasteiger partial charge in [0.25, 0.3) is 5.91 Å². The summed E-state index contributed by atoms with van der Waals surface area (Å²) >= 11 is 2.92. The molecule has 27 heavy (non-hydrogen) atoms. The molecule has 1 N–H and O–H groups in total. The molecule has 11 heteroatoms. The summed E-state index contributed by atoms with van der Waals surface area (Å²) in [7, 11) is -1.86. The third-order valence-electron chi connectivity index (χ3n) is 3.45. The smallest absolute Gasteiger partial charge is 0.266 e. The lowest BCUT2D eigenvalue weighted by molar-refractivity contribution is -0.122. The number of hydrogen-bond acceptors (Lipinski definition) is 8. The Bertz CT molecular complexity index is 868. The minimum Gasteiger partial charge on any atom is -0.481 e. The van der Waals surface area contributed by atoms with Gasteiger partial charge in [-0.25, -0.2) is 8.42 Å². The molecule has 0 aliphatic carbocycles. The third-order valence-corrected chi connectivity index (χ3v) is 6.83. The first-order valence-electron chi connectivity index (χ1n) is 8.18. The molecule has 148 valence electrons. The zero-order valence-corrected chi connectivity index (χ0v) is 17.9. The standard InChI is InChI=1S/C16H22N4O4S3/c1-5-10-25-16-19-18-15(26-16)17-14(21)11(2)24-13-8-6-12(7-9-13)20(3)27(4,22)23/h6-9,11H,5,10H2,1-4H3,(H,17,18,21)/t11-/m0/s1. The van der Waals surface area contributed by atoms with Crippen LogP contribution in [0.2, 0.25) is 0 Å². The van der Waals surface area contributed by atoms with Crippen LogP contribution >= 0.6 is 23.1 Å². The van der Waals surface area contributed by atoms with E-state index in [9.17, 15) is 13.2 Å². The Morgan fingerprint density at radius 1 is 1.33 bits per heavy atom. The fraction of sp³-hybridized carbons (Fsp3) is 0.438. The molecule has 0 saturated heterocycles. The molecule has 0 unspecified atom stereocenters. The molecule has 1 amide bonds. The van der Waals surface area contributed by atoms with Crippen LogP contribution in [0.1, 0.15) is 20.3 Å². The largest absolute Gasteiger partial charge is 0.481 e. The number of rotatable bonds is 9. The van der Waals surface area contributed by atoms with Gasteiger partial charge in [0, 0.05) is 12.8 Å². The molecule has 1 aromatic heterocycles. The van der Waals surface area contributed by atoms with Crippen molar-refractivity contribution in [2.24, 2.45) is 0 Å². The molecular formula is C16H22N4O4S3. The van der Waals surface area contributed by atoms with E-state index < -0.39 is 16.1 Å². The number of benzene rings is 1. The summed E-state index contributed by atoms with van der Waals surface area (Å²) in [6.07, 6.45) is 1.41. The van der Waals surface area contributed by atoms with Gasteiger partial charge in [0.05, 0.1) is 11.9 Å². The van der Waals surface area contributed by atoms with Crippen molar-refractivity contribution in [2.45, 2.75) is 30.7 Å². The summed E-state index contributed by atoms with van der Waals surface area (Å²) in [5.74, 6) is 1.07. The monoisotopic (exact) mass is 430 g/mol. The predicted octanol–water partition coefficient (Wildman–Crippen LogP) is 2.84. The fourth-order valence-corrected chi connectivity index (χ4v) is 4.08. The number of thioether (sulfide) groups is 1. The van der Waals surface area contributed by atoms with Gasteiger partial charge in [-0.2, -0.15) is 0 Å². The number of amides is 1. The van der Waals surface area contributed by atoms with Crippen LogP contribution in [0.25, 0.3) is 0 Å². The van der Waals surface area contributed by atoms with E-state index in [-0.39, 0.29) is 5.91 Å². The molecule has 0 fully saturated rings. The van der Waals surface area contributed by atoms with Crippen molar-refractivity contribution < 1.29 is 17.9 Å². The molecule has 0 saturated carbocycles. The molecule has 1 aromatic carbocycles. The lowest BCUT2D eigenvalue weighted by Crippen LogP contribution is -2.30. The van der Waals surface area contributed by atoms with Crippen LogP contribution in [0.3, 0.4) is 0 Å². The van der Waals surface area contributed by atoms with Crippen LogP contribution in [0.5, 0.6) is 5.75 Å². The lowest BCUT2D eigenvalue weighted by Gasteiger charge is -2.18. The number of aromatic nitrogens is 2. The number of nitrogens with one attached hydrogen (secondary N) is 1. The van der Waals surface area contributed by atoms with Crippen molar-refractivity contribution >= 4 is 49.8 Å². The number of carbonyl (C=O) groups is 1. The highest BCUT2D eigenvalue weighted by molar-refractivity contribution is 8.01. The number of hydrogen-bond donors (Lipinski definition) is 1. The summed E-state index contributed by atoms with van der Waals surface area (Å²) in [6.45, 7) is 3.71. The van der Waals surface area contributed by atoms with E-state index in [4.69, 9.17) is 4.74 Å². The molecule has 0 spiro atoms. The van der Waals surface area contributed by atoms with E-state index in [1.807, 2.05) is 0 Å². The maximum atomic E-state index is 12.3. The first kappa shape index (κ1) is 21.5. The Morgan fingerprint density at radius 3 is 2.59 bits per heavy atom. The average Bonchev–Trinajstić information content (AvgIpc) is 3.06. The average molecular weight is 431 g/mol. The molecule has 0 bridgehead atoms. The Balaban J connectivity index is 1.93. The Morgan fingerprint density at radius 2 is 2.00 bits per heavy atom. The van der Waals surface area contributed by atoms with Crippen LogP contribution in [0.4, 0.5) is 10.8 Å². The van der Waals surface area contributed by atoms with Gasteiger partial charge in [0.15, 0.2) is 10.4 Å². The van der Waals surface area contributed by atoms with Crippen molar-refractivity contribution in [1.82, 2.24) is 10.2 Å². The van der Waals surface area contributed by atoms with Gasteiger partial charge in [0.1, 0.15) is 5.75 Å². The van der Waals surface area contributed by atoms with E-state index in [1.54, 1.807) is 43.0 Å². The molecule has 1 atom stereocenters. The Hall–Kier alpha value is -1.85. The molecule has 0 aliphatic heterocycles. The molecule has 2 aromatic rings. The zero-order valence-electron chi connectivity index (χ0n) is 15.5. The van der Waals surface area contributed by atoms with E-state index in [0.717, 1.165) is 27.1 Å². The summed E-state index contributed by atoms with van der Waals surface area (Å²) < 4.78 is 30.7. The van der Waals surface area contributed by atoms with Crippen LogP contribution in [-0.4, -0.2) is 49.7 Å². The van der Waals surface area contributed by atoms with Crippen LogP contribution in [0, 0.1) is 0 Å². The van der Waals surface area contributed by atoms with Crippen molar-refractivity contribution in [1.29, 1.82) is 0 Å². The van der Waals surface area contributed by atoms with Gasteiger partial charge in [-0.1, -0.05) is 30.0 Å². The number of sulfonamides is 1. The SMILES string of the molecule is CCCSc1nnc(NC(=O)[C@H](C)Oc2ccc(N(C)S(C)(=O)=O)cc2)s1. The fourth-order valence-electron chi connectivity index (χ4n) is 1.90. The summed E-state index contributed by atoms with van der Waals surface area (Å²) in [5, 5.41) is 11.1. The van der Waals surface area contributed by atoms with E-state index in [2.05, 4.69) is 22.4 Å². The second-order valence-electron chi connectivity index (χ2n) is 5.70. The Kier molecular flexibility index (Phi) is 7.45. The number of carbonyl (C=O) groups excluding carboxylic acids is 1. The molecule has 2 rings (SSSR count). The molecule has 8 nitrogen and oxygen atoms in total. The first-order valence-corrected chi connectivity index (χ1v) is 11.8. The topological polar surface area (TPSA) is 101 Å². The second kappa shape index (κ2) is 9.38. The summed E-state index contributed by atoms with van der Waals surface area (Å²) in [6, 6.07) is 6.46. The van der Waals surface area contributed by atoms with E-state index >= 15 is 0 Å². The van der Waals surface area contributed by atoms with E-state index in [1.165, 1.54) is 18.4 Å².